The van der Waals surface area contributed by atoms with Gasteiger partial charge in [-0.1, -0.05) is 0 Å². The zero-order valence-electron chi connectivity index (χ0n) is 8.58. The van der Waals surface area contributed by atoms with Crippen molar-refractivity contribution < 1.29 is 5.11 Å². The molecule has 0 aromatic carbocycles. The summed E-state index contributed by atoms with van der Waals surface area (Å²) >= 11 is 1.88. The molecule has 0 saturated carbocycles. The van der Waals surface area contributed by atoms with E-state index in [-0.39, 0.29) is 6.10 Å². The van der Waals surface area contributed by atoms with Crippen molar-refractivity contribution in [1.29, 1.82) is 0 Å². The predicted octanol–water partition coefficient (Wildman–Crippen LogP) is 1.44. The molecule has 0 saturated heterocycles. The molecule has 0 aromatic rings. The summed E-state index contributed by atoms with van der Waals surface area (Å²) in [6.45, 7) is 4.81. The summed E-state index contributed by atoms with van der Waals surface area (Å²) in [6, 6.07) is 0.576. The summed E-state index contributed by atoms with van der Waals surface area (Å²) in [7, 11) is 2.07. The Labute approximate surface area is 80.3 Å². The van der Waals surface area contributed by atoms with Crippen molar-refractivity contribution in [2.75, 3.05) is 25.6 Å². The van der Waals surface area contributed by atoms with Gasteiger partial charge in [-0.3, -0.25) is 0 Å². The van der Waals surface area contributed by atoms with Crippen LogP contribution in [0.2, 0.25) is 0 Å². The van der Waals surface area contributed by atoms with E-state index in [4.69, 9.17) is 5.11 Å². The molecule has 0 aliphatic carbocycles. The largest absolute Gasteiger partial charge is 0.392 e. The molecule has 74 valence electrons. The number of thioether (sulfide) groups is 1. The van der Waals surface area contributed by atoms with Crippen molar-refractivity contribution in [3.8, 4) is 0 Å². The van der Waals surface area contributed by atoms with Crippen LogP contribution in [0.25, 0.3) is 0 Å². The van der Waals surface area contributed by atoms with E-state index in [1.165, 1.54) is 12.2 Å². The summed E-state index contributed by atoms with van der Waals surface area (Å²) < 4.78 is 0. The van der Waals surface area contributed by atoms with Crippen LogP contribution >= 0.6 is 11.8 Å². The number of aliphatic hydroxyl groups is 1. The van der Waals surface area contributed by atoms with Gasteiger partial charge in [0.1, 0.15) is 0 Å². The molecule has 12 heavy (non-hydrogen) atoms. The maximum atomic E-state index is 9.15. The second-order valence-electron chi connectivity index (χ2n) is 3.42. The lowest BCUT2D eigenvalue weighted by molar-refractivity contribution is 0.120. The number of rotatable bonds is 6. The fourth-order valence-corrected chi connectivity index (χ4v) is 1.68. The molecule has 3 heteroatoms. The second-order valence-corrected chi connectivity index (χ2v) is 4.40. The summed E-state index contributed by atoms with van der Waals surface area (Å²) in [5.41, 5.74) is 0. The number of hydrogen-bond donors (Lipinski definition) is 1. The van der Waals surface area contributed by atoms with Gasteiger partial charge in [-0.15, -0.1) is 0 Å². The fourth-order valence-electron chi connectivity index (χ4n) is 1.11. The maximum absolute atomic E-state index is 9.15. The average molecular weight is 191 g/mol. The highest BCUT2D eigenvalue weighted by Crippen LogP contribution is 2.06. The molecule has 0 amide bonds. The molecule has 0 rings (SSSR count). The molecule has 2 atom stereocenters. The van der Waals surface area contributed by atoms with Crippen LogP contribution in [0, 0.1) is 0 Å². The summed E-state index contributed by atoms with van der Waals surface area (Å²) in [5.74, 6) is 1.20. The molecule has 0 aliphatic heterocycles. The third kappa shape index (κ3) is 5.86. The van der Waals surface area contributed by atoms with Crippen molar-refractivity contribution in [2.45, 2.75) is 32.4 Å². The van der Waals surface area contributed by atoms with E-state index in [2.05, 4.69) is 25.1 Å². The molecule has 0 fully saturated rings. The molecular weight excluding hydrogens is 170 g/mol. The summed E-state index contributed by atoms with van der Waals surface area (Å²) in [6.07, 6.45) is 3.11. The Morgan fingerprint density at radius 3 is 2.42 bits per heavy atom. The minimum atomic E-state index is -0.216. The van der Waals surface area contributed by atoms with Crippen molar-refractivity contribution >= 4 is 11.8 Å². The van der Waals surface area contributed by atoms with Gasteiger partial charge < -0.3 is 10.0 Å². The monoisotopic (exact) mass is 191 g/mol. The fraction of sp³-hybridized carbons (Fsp3) is 1.00. The zero-order chi connectivity index (χ0) is 9.56. The number of nitrogens with zero attached hydrogens (tertiary/aromatic N) is 1. The number of likely N-dealkylation sites (N-methyl/N-ethyl adjacent to an activating group) is 1. The van der Waals surface area contributed by atoms with Crippen LogP contribution in [0.15, 0.2) is 0 Å². The van der Waals surface area contributed by atoms with Crippen molar-refractivity contribution in [3.63, 3.8) is 0 Å². The van der Waals surface area contributed by atoms with Crippen molar-refractivity contribution in [2.24, 2.45) is 0 Å². The van der Waals surface area contributed by atoms with Crippen LogP contribution in [-0.2, 0) is 0 Å². The Morgan fingerprint density at radius 1 is 1.42 bits per heavy atom. The first-order valence-corrected chi connectivity index (χ1v) is 5.84. The van der Waals surface area contributed by atoms with E-state index in [0.29, 0.717) is 6.04 Å². The molecule has 0 bridgehead atoms. The molecule has 0 aliphatic rings. The van der Waals surface area contributed by atoms with Crippen molar-refractivity contribution in [3.05, 3.63) is 0 Å². The van der Waals surface area contributed by atoms with Gasteiger partial charge in [0, 0.05) is 12.6 Å². The lowest BCUT2D eigenvalue weighted by Crippen LogP contribution is -2.35. The van der Waals surface area contributed by atoms with Gasteiger partial charge in [0.25, 0.3) is 0 Å². The first-order valence-electron chi connectivity index (χ1n) is 4.45. The zero-order valence-corrected chi connectivity index (χ0v) is 9.40. The number of aliphatic hydroxyl groups excluding tert-OH is 1. The minimum Gasteiger partial charge on any atom is -0.392 e. The highest BCUT2D eigenvalue weighted by Gasteiger charge is 2.09. The summed E-state index contributed by atoms with van der Waals surface area (Å²) in [5, 5.41) is 9.15. The van der Waals surface area contributed by atoms with Crippen LogP contribution in [0.3, 0.4) is 0 Å². The molecule has 0 heterocycles. The van der Waals surface area contributed by atoms with Crippen LogP contribution in [0.5, 0.6) is 0 Å². The predicted molar refractivity (Wildman–Crippen MR) is 56.8 cm³/mol. The molecule has 0 spiro atoms. The Hall–Kier alpha value is 0.270. The van der Waals surface area contributed by atoms with Crippen LogP contribution < -0.4 is 0 Å². The van der Waals surface area contributed by atoms with Gasteiger partial charge >= 0.3 is 0 Å². The maximum Gasteiger partial charge on any atom is 0.0639 e. The Balaban J connectivity index is 3.53. The van der Waals surface area contributed by atoms with E-state index in [0.717, 1.165) is 6.54 Å². The van der Waals surface area contributed by atoms with Gasteiger partial charge in [0.15, 0.2) is 0 Å². The Morgan fingerprint density at radius 2 is 2.00 bits per heavy atom. The Kier molecular flexibility index (Phi) is 6.90. The van der Waals surface area contributed by atoms with E-state index >= 15 is 0 Å². The van der Waals surface area contributed by atoms with E-state index < -0.39 is 0 Å². The number of hydrogen-bond acceptors (Lipinski definition) is 3. The van der Waals surface area contributed by atoms with Gasteiger partial charge in [0.05, 0.1) is 6.10 Å². The smallest absolute Gasteiger partial charge is 0.0639 e. The topological polar surface area (TPSA) is 23.5 Å². The lowest BCUT2D eigenvalue weighted by atomic mass is 10.2. The quantitative estimate of drug-likeness (QED) is 0.687. The molecule has 2 nitrogen and oxygen atoms in total. The van der Waals surface area contributed by atoms with Gasteiger partial charge in [0.2, 0.25) is 0 Å². The third-order valence-electron chi connectivity index (χ3n) is 2.04. The molecular formula is C9H21NOS. The van der Waals surface area contributed by atoms with Crippen LogP contribution in [0.4, 0.5) is 0 Å². The highest BCUT2D eigenvalue weighted by molar-refractivity contribution is 7.98. The molecule has 0 aromatic heterocycles. The minimum absolute atomic E-state index is 0.216. The molecule has 0 radical (unpaired) electrons. The van der Waals surface area contributed by atoms with Crippen LogP contribution in [-0.4, -0.2) is 47.8 Å². The van der Waals surface area contributed by atoms with E-state index in [9.17, 15) is 0 Å². The summed E-state index contributed by atoms with van der Waals surface area (Å²) in [4.78, 5) is 2.21. The highest BCUT2D eigenvalue weighted by atomic mass is 32.2. The van der Waals surface area contributed by atoms with E-state index in [1.54, 1.807) is 0 Å². The standard InChI is InChI=1S/C9H21NOS/c1-8(5-6-12-4)10(3)7-9(2)11/h8-9,11H,5-7H2,1-4H3. The molecule has 2 unspecified atom stereocenters. The normalized spacial score (nSPS) is 16.5. The van der Waals surface area contributed by atoms with Gasteiger partial charge in [-0.25, -0.2) is 0 Å². The second kappa shape index (κ2) is 6.75. The lowest BCUT2D eigenvalue weighted by Gasteiger charge is -2.25. The van der Waals surface area contributed by atoms with Crippen LogP contribution in [0.1, 0.15) is 20.3 Å². The van der Waals surface area contributed by atoms with Gasteiger partial charge in [-0.2, -0.15) is 11.8 Å². The average Bonchev–Trinajstić information content (AvgIpc) is 1.98. The molecule has 1 N–H and O–H groups in total. The first-order chi connectivity index (χ1) is 5.57. The third-order valence-corrected chi connectivity index (χ3v) is 2.69. The van der Waals surface area contributed by atoms with Gasteiger partial charge in [-0.05, 0) is 39.3 Å². The van der Waals surface area contributed by atoms with Crippen molar-refractivity contribution in [1.82, 2.24) is 4.90 Å². The Bertz CT molecular complexity index is 109. The van der Waals surface area contributed by atoms with E-state index in [1.807, 2.05) is 18.7 Å². The SMILES string of the molecule is CSCCC(C)N(C)CC(C)O. The first kappa shape index (κ1) is 12.3.